The smallest absolute Gasteiger partial charge is 0.329 e. The highest BCUT2D eigenvalue weighted by Crippen LogP contribution is 2.21. The Balaban J connectivity index is 2.20. The topological polar surface area (TPSA) is 702 Å². The maximum absolute atomic E-state index is 14.6. The van der Waals surface area contributed by atoms with Gasteiger partial charge in [0.05, 0.1) is 58.2 Å². The number of primary amides is 2. The summed E-state index contributed by atoms with van der Waals surface area (Å²) in [6.45, 7) is 5.13. The first-order chi connectivity index (χ1) is 53.1. The summed E-state index contributed by atoms with van der Waals surface area (Å²) < 4.78 is 5.66. The third-order valence-electron chi connectivity index (χ3n) is 17.5. The van der Waals surface area contributed by atoms with Crippen LogP contribution in [0, 0.1) is 17.8 Å². The molecule has 43 heteroatoms. The number of fused-ring (bicyclic) bond motifs is 1. The first kappa shape index (κ1) is 95.3. The molecule has 113 heavy (non-hydrogen) atoms. The quantitative estimate of drug-likeness (QED) is 0.0223. The van der Waals surface area contributed by atoms with E-state index >= 15 is 0 Å². The molecule has 13 atom stereocenters. The van der Waals surface area contributed by atoms with Crippen molar-refractivity contribution in [2.75, 3.05) is 26.2 Å². The molecular formula is C70H105N17O26. The van der Waals surface area contributed by atoms with Crippen molar-refractivity contribution in [2.45, 2.75) is 223 Å². The van der Waals surface area contributed by atoms with Crippen molar-refractivity contribution in [2.24, 2.45) is 35.0 Å². The molecule has 1 aliphatic rings. The number of carbonyl (C=O) groups excluding carboxylic acids is 16. The van der Waals surface area contributed by atoms with Crippen molar-refractivity contribution in [3.8, 4) is 0 Å². The summed E-state index contributed by atoms with van der Waals surface area (Å²) in [5, 5.41) is 78.4. The highest BCUT2D eigenvalue weighted by atomic mass is 16.5. The average Bonchev–Trinajstić information content (AvgIpc) is 1.69. The number of carboxylic acid groups (broad SMARTS) is 4. The van der Waals surface area contributed by atoms with Gasteiger partial charge in [-0.1, -0.05) is 91.3 Å². The summed E-state index contributed by atoms with van der Waals surface area (Å²) in [5.74, 6) is -30.3. The number of aliphatic hydroxyl groups is 1. The first-order valence-electron chi connectivity index (χ1n) is 36.5. The molecule has 1 aliphatic heterocycles. The monoisotopic (exact) mass is 1600 g/mol. The number of aromatic nitrogens is 1. The largest absolute Gasteiger partial charge is 0.481 e. The molecule has 3 rings (SSSR count). The molecule has 0 saturated carbocycles. The molecule has 0 radical (unpaired) electrons. The van der Waals surface area contributed by atoms with Crippen LogP contribution in [0.1, 0.15) is 150 Å². The van der Waals surface area contributed by atoms with Gasteiger partial charge in [-0.25, -0.2) is 4.79 Å². The highest BCUT2D eigenvalue weighted by molar-refractivity contribution is 6.02. The van der Waals surface area contributed by atoms with Crippen LogP contribution >= 0.6 is 0 Å². The summed E-state index contributed by atoms with van der Waals surface area (Å²) in [5.41, 5.74) is 17.8. The number of benzene rings is 1. The highest BCUT2D eigenvalue weighted by Gasteiger charge is 2.41. The molecule has 15 amide bonds. The second-order valence-electron chi connectivity index (χ2n) is 27.9. The standard InChI is InChI=1S/C70H105N17O26/c1-33(2)16-11-9-7-8-10-12-20-50(91)78-41(23-37-29-74-39-18-14-13-17-38(37)39)62(104)80-43(25-49(73)90)64(106)84-46(28-56(100)101)66(108)87-59-36(6)113-70(112)57(34(3)4)85-69(111)58(35(5)22-53(94)95)86-67(109)47(32-88)79-52(93)30-75-60(102)44(26-54(96)97)82-63(105)42(24-48(72)89)81-65(107)45(27-55(98)99)83-61(103)40(19-15-21-71)77-51(92)31-76-68(59)110/h13-14,17-18,29,33-36,40-47,57-59,74,88H,7-12,15-16,19-28,30-32,71H2,1-6H3,(H2,72,89)(H2,73,90)(H,75,102)(H,76,110)(H,77,92)(H,78,91)(H,79,93)(H,80,104)(H,81,107)(H,82,105)(H,83,103)(H,84,106)(H,85,111)(H,86,109)(H,87,108)(H,94,95)(H,96,97)(H,98,99)(H,100,101). The van der Waals surface area contributed by atoms with Gasteiger partial charge in [0.2, 0.25) is 88.6 Å². The molecule has 13 unspecified atom stereocenters. The van der Waals surface area contributed by atoms with Crippen LogP contribution in [0.25, 0.3) is 10.9 Å². The second-order valence-corrected chi connectivity index (χ2v) is 27.9. The minimum atomic E-state index is -2.35. The number of rotatable bonds is 36. The Labute approximate surface area is 647 Å². The predicted octanol–water partition coefficient (Wildman–Crippen LogP) is -6.33. The van der Waals surface area contributed by atoms with Crippen LogP contribution in [-0.4, -0.2) is 248 Å². The molecule has 1 saturated heterocycles. The van der Waals surface area contributed by atoms with E-state index in [0.29, 0.717) is 35.2 Å². The lowest BCUT2D eigenvalue weighted by molar-refractivity contribution is -0.157. The number of aliphatic carboxylic acids is 4. The first-order valence-corrected chi connectivity index (χ1v) is 36.5. The number of amides is 15. The Bertz CT molecular complexity index is 3760. The van der Waals surface area contributed by atoms with Crippen LogP contribution < -0.4 is 86.3 Å². The second kappa shape index (κ2) is 48.0. The van der Waals surface area contributed by atoms with Gasteiger partial charge in [-0.05, 0) is 62.1 Å². The molecule has 1 fully saturated rings. The Morgan fingerprint density at radius 3 is 1.57 bits per heavy atom. The number of nitrogens with one attached hydrogen (secondary N) is 14. The number of carboxylic acids is 4. The molecule has 2 heterocycles. The van der Waals surface area contributed by atoms with Gasteiger partial charge in [0.15, 0.2) is 0 Å². The molecule has 626 valence electrons. The third-order valence-corrected chi connectivity index (χ3v) is 17.5. The fourth-order valence-corrected chi connectivity index (χ4v) is 11.5. The van der Waals surface area contributed by atoms with Gasteiger partial charge in [-0.2, -0.15) is 0 Å². The zero-order valence-electron chi connectivity index (χ0n) is 63.4. The average molecular weight is 1600 g/mol. The summed E-state index contributed by atoms with van der Waals surface area (Å²) >= 11 is 0. The number of aliphatic hydroxyl groups excluding tert-OH is 1. The number of carbonyl (C=O) groups is 20. The van der Waals surface area contributed by atoms with E-state index in [-0.39, 0.29) is 25.8 Å². The number of cyclic esters (lactones) is 1. The van der Waals surface area contributed by atoms with Gasteiger partial charge < -0.3 is 122 Å². The van der Waals surface area contributed by atoms with Gasteiger partial charge in [-0.3, -0.25) is 91.1 Å². The minimum Gasteiger partial charge on any atom is -0.481 e. The van der Waals surface area contributed by atoms with E-state index < -0.39 is 267 Å². The van der Waals surface area contributed by atoms with Gasteiger partial charge >= 0.3 is 29.8 Å². The van der Waals surface area contributed by atoms with Crippen LogP contribution in [-0.2, 0) is 107 Å². The van der Waals surface area contributed by atoms with Gasteiger partial charge in [0, 0.05) is 29.9 Å². The number of hydrogen-bond acceptors (Lipinski definition) is 23. The van der Waals surface area contributed by atoms with Crippen molar-refractivity contribution in [3.05, 3.63) is 36.0 Å². The number of H-pyrrole nitrogens is 1. The van der Waals surface area contributed by atoms with E-state index in [0.717, 1.165) is 46.0 Å². The number of unbranched alkanes of at least 4 members (excludes halogenated alkanes) is 5. The molecular weight excluding hydrogens is 1490 g/mol. The molecule has 1 aromatic carbocycles. The number of nitrogens with two attached hydrogens (primary N) is 3. The van der Waals surface area contributed by atoms with Crippen molar-refractivity contribution < 1.29 is 126 Å². The van der Waals surface area contributed by atoms with Crippen molar-refractivity contribution in [3.63, 3.8) is 0 Å². The van der Waals surface area contributed by atoms with Crippen molar-refractivity contribution in [1.82, 2.24) is 74.1 Å². The summed E-state index contributed by atoms with van der Waals surface area (Å²) in [6, 6.07) is -15.6. The van der Waals surface area contributed by atoms with Crippen LogP contribution in [0.4, 0.5) is 0 Å². The van der Waals surface area contributed by atoms with E-state index in [1.54, 1.807) is 30.5 Å². The number of hydrogen-bond donors (Lipinski definition) is 22. The lowest BCUT2D eigenvalue weighted by atomic mass is 9.95. The van der Waals surface area contributed by atoms with E-state index in [9.17, 15) is 121 Å². The maximum Gasteiger partial charge on any atom is 0.329 e. The molecule has 43 nitrogen and oxygen atoms in total. The lowest BCUT2D eigenvalue weighted by Crippen LogP contribution is -2.62. The third kappa shape index (κ3) is 34.5. The van der Waals surface area contributed by atoms with Crippen LogP contribution in [0.2, 0.25) is 0 Å². The van der Waals surface area contributed by atoms with Crippen molar-refractivity contribution >= 4 is 129 Å². The molecule has 0 bridgehead atoms. The Kier molecular flexibility index (Phi) is 40.5. The minimum absolute atomic E-state index is 0.00800. The molecule has 2 aromatic rings. The van der Waals surface area contributed by atoms with Crippen molar-refractivity contribution in [1.29, 1.82) is 0 Å². The van der Waals surface area contributed by atoms with E-state index in [2.05, 4.69) is 66.7 Å². The van der Waals surface area contributed by atoms with E-state index in [1.165, 1.54) is 13.8 Å². The molecule has 0 aliphatic carbocycles. The van der Waals surface area contributed by atoms with E-state index in [4.69, 9.17) is 21.9 Å². The predicted molar refractivity (Wildman–Crippen MR) is 393 cm³/mol. The zero-order valence-corrected chi connectivity index (χ0v) is 63.4. The Morgan fingerprint density at radius 1 is 0.522 bits per heavy atom. The summed E-state index contributed by atoms with van der Waals surface area (Å²) in [4.78, 5) is 273. The number of para-hydroxylation sites is 1. The fourth-order valence-electron chi connectivity index (χ4n) is 11.5. The normalized spacial score (nSPS) is 21.5. The molecule has 0 spiro atoms. The van der Waals surface area contributed by atoms with Gasteiger partial charge in [-0.15, -0.1) is 0 Å². The maximum atomic E-state index is 14.6. The number of aromatic amines is 1. The SMILES string of the molecule is CC(C)CCCCCCCCC(=O)NC(Cc1c[nH]c2ccccc12)C(=O)NC(CC(N)=O)C(=O)NC(CC(=O)O)C(=O)NC1C(=O)NCC(=O)NC(CCCN)C(=O)NC(CC(=O)O)C(=O)NC(CC(N)=O)C(=O)NC(CC(=O)O)C(=O)NCC(=O)NC(CO)C(=O)NC(C(C)CC(=O)O)C(=O)NC(C(C)C)C(=O)OC1C. The Hall–Kier alpha value is -11.9. The van der Waals surface area contributed by atoms with Gasteiger partial charge in [0.1, 0.15) is 72.6 Å². The van der Waals surface area contributed by atoms with E-state index in [1.807, 2.05) is 21.3 Å². The molecule has 25 N–H and O–H groups in total. The van der Waals surface area contributed by atoms with Crippen LogP contribution in [0.3, 0.4) is 0 Å². The van der Waals surface area contributed by atoms with Crippen LogP contribution in [0.15, 0.2) is 30.5 Å². The summed E-state index contributed by atoms with van der Waals surface area (Å²) in [7, 11) is 0. The molecule has 1 aromatic heterocycles. The fraction of sp³-hybridized carbons (Fsp3) is 0.600. The Morgan fingerprint density at radius 2 is 1.03 bits per heavy atom. The van der Waals surface area contributed by atoms with Gasteiger partial charge in [0.25, 0.3) is 0 Å². The van der Waals surface area contributed by atoms with Crippen LogP contribution in [0.5, 0.6) is 0 Å². The number of esters is 1. The lowest BCUT2D eigenvalue weighted by Gasteiger charge is -2.31. The zero-order chi connectivity index (χ0) is 84.9. The number of ether oxygens (including phenoxy) is 1. The summed E-state index contributed by atoms with van der Waals surface area (Å²) in [6.07, 6.45) is -2.10.